The van der Waals surface area contributed by atoms with E-state index in [-0.39, 0.29) is 30.9 Å². The van der Waals surface area contributed by atoms with Crippen molar-refractivity contribution in [3.8, 4) is 22.5 Å². The molecule has 0 bridgehead atoms. The summed E-state index contributed by atoms with van der Waals surface area (Å²) in [5.41, 5.74) is 11.8. The van der Waals surface area contributed by atoms with Crippen molar-refractivity contribution in [2.45, 2.75) is 60.3 Å². The molecule has 0 fully saturated rings. The van der Waals surface area contributed by atoms with Gasteiger partial charge in [-0.25, -0.2) is 0 Å². The normalized spacial score (nSPS) is 11.6. The molecule has 0 saturated heterocycles. The number of furan rings is 1. The number of aromatic nitrogens is 2. The van der Waals surface area contributed by atoms with E-state index in [2.05, 4.69) is 143 Å². The third-order valence-corrected chi connectivity index (χ3v) is 8.60. The summed E-state index contributed by atoms with van der Waals surface area (Å²) in [4.78, 5) is 9.03. The van der Waals surface area contributed by atoms with Crippen LogP contribution in [0.5, 0.6) is 0 Å². The molecule has 3 nitrogen and oxygen atoms in total. The van der Waals surface area contributed by atoms with Gasteiger partial charge in [0.25, 0.3) is 0 Å². The van der Waals surface area contributed by atoms with Gasteiger partial charge in [0, 0.05) is 48.9 Å². The van der Waals surface area contributed by atoms with E-state index in [4.69, 9.17) is 4.42 Å². The molecule has 245 valence electrons. The zero-order valence-electron chi connectivity index (χ0n) is 28.8. The summed E-state index contributed by atoms with van der Waals surface area (Å²) < 4.78 is 6.65. The van der Waals surface area contributed by atoms with Crippen molar-refractivity contribution in [2.75, 3.05) is 0 Å². The van der Waals surface area contributed by atoms with Gasteiger partial charge >= 0.3 is 0 Å². The third-order valence-electron chi connectivity index (χ3n) is 8.60. The second kappa shape index (κ2) is 14.4. The number of fused-ring (bicyclic) bond motifs is 3. The number of rotatable bonds is 5. The SMILES string of the molecule is CC(C)(C)Cc1ccnc(-c2[c-]ccc3c2oc2c(C(C)(C)c4ccccc4)cccc23)c1.Cc1c[c-]c(-c2ccc(C)cn2)cc1.[Ir]. The molecule has 0 aliphatic rings. The topological polar surface area (TPSA) is 38.9 Å². The van der Waals surface area contributed by atoms with Gasteiger partial charge in [0.05, 0.1) is 5.58 Å². The summed E-state index contributed by atoms with van der Waals surface area (Å²) in [7, 11) is 0. The zero-order valence-corrected chi connectivity index (χ0v) is 31.2. The Balaban J connectivity index is 0.000000252. The Morgan fingerprint density at radius 1 is 0.688 bits per heavy atom. The van der Waals surface area contributed by atoms with Gasteiger partial charge < -0.3 is 14.4 Å². The molecule has 48 heavy (non-hydrogen) atoms. The van der Waals surface area contributed by atoms with Crippen LogP contribution >= 0.6 is 0 Å². The first-order valence-electron chi connectivity index (χ1n) is 16.3. The Bertz CT molecular complexity index is 2080. The summed E-state index contributed by atoms with van der Waals surface area (Å²) >= 11 is 0. The minimum Gasteiger partial charge on any atom is -0.500 e. The van der Waals surface area contributed by atoms with E-state index in [0.29, 0.717) is 0 Å². The smallest absolute Gasteiger partial charge is 0.125 e. The predicted molar refractivity (Wildman–Crippen MR) is 195 cm³/mol. The van der Waals surface area contributed by atoms with Crippen LogP contribution in [0, 0.1) is 31.4 Å². The number of hydrogen-bond acceptors (Lipinski definition) is 3. The van der Waals surface area contributed by atoms with Crippen LogP contribution in [0.25, 0.3) is 44.5 Å². The standard InChI is InChI=1S/C31H30NO.C13H12N.Ir/c1-30(2,3)20-21-17-18-32-27(19-21)25-15-9-13-23-24-14-10-16-26(29(24)33-28(23)25)31(4,5)22-11-7-6-8-12-22;1-10-3-6-12(7-4-10)13-8-5-11(2)9-14-13;/h6-14,16-19H,20H2,1-5H3;3-6,8-9H,1-2H3;/q2*-1;. The average molecular weight is 807 g/mol. The fourth-order valence-electron chi connectivity index (χ4n) is 6.08. The van der Waals surface area contributed by atoms with Crippen LogP contribution in [0.15, 0.2) is 120 Å². The molecular weight excluding hydrogens is 765 g/mol. The zero-order chi connectivity index (χ0) is 33.2. The molecule has 1 radical (unpaired) electrons. The van der Waals surface area contributed by atoms with Crippen LogP contribution in [0.2, 0.25) is 0 Å². The molecule has 0 aliphatic heterocycles. The first-order valence-corrected chi connectivity index (χ1v) is 16.3. The second-order valence-electron chi connectivity index (χ2n) is 14.2. The number of benzene rings is 4. The number of para-hydroxylation sites is 1. The van der Waals surface area contributed by atoms with Crippen molar-refractivity contribution < 1.29 is 24.5 Å². The van der Waals surface area contributed by atoms with E-state index < -0.39 is 0 Å². The molecule has 4 heteroatoms. The number of hydrogen-bond donors (Lipinski definition) is 0. The summed E-state index contributed by atoms with van der Waals surface area (Å²) in [6.07, 6.45) is 4.77. The number of pyridine rings is 2. The van der Waals surface area contributed by atoms with Gasteiger partial charge in [0.2, 0.25) is 0 Å². The van der Waals surface area contributed by atoms with Crippen molar-refractivity contribution >= 4 is 21.9 Å². The average Bonchev–Trinajstić information content (AvgIpc) is 3.45. The Kier molecular flexibility index (Phi) is 10.5. The summed E-state index contributed by atoms with van der Waals surface area (Å²) in [5, 5.41) is 2.24. The molecule has 7 aromatic rings. The quantitative estimate of drug-likeness (QED) is 0.163. The van der Waals surface area contributed by atoms with Crippen LogP contribution in [0.4, 0.5) is 0 Å². The molecule has 0 aliphatic carbocycles. The Morgan fingerprint density at radius 3 is 2.12 bits per heavy atom. The van der Waals surface area contributed by atoms with E-state index in [1.54, 1.807) is 0 Å². The van der Waals surface area contributed by atoms with E-state index >= 15 is 0 Å². The van der Waals surface area contributed by atoms with Crippen LogP contribution in [0.1, 0.15) is 62.4 Å². The van der Waals surface area contributed by atoms with Crippen molar-refractivity contribution in [1.29, 1.82) is 0 Å². The van der Waals surface area contributed by atoms with Crippen molar-refractivity contribution in [3.63, 3.8) is 0 Å². The van der Waals surface area contributed by atoms with Crippen LogP contribution in [-0.2, 0) is 31.9 Å². The molecule has 3 aromatic heterocycles. The summed E-state index contributed by atoms with van der Waals surface area (Å²) in [5.74, 6) is 0. The maximum absolute atomic E-state index is 6.65. The number of nitrogens with zero attached hydrogens (tertiary/aromatic N) is 2. The van der Waals surface area contributed by atoms with E-state index in [9.17, 15) is 0 Å². The summed E-state index contributed by atoms with van der Waals surface area (Å²) in [6, 6.07) is 42.3. The van der Waals surface area contributed by atoms with Crippen LogP contribution in [-0.4, -0.2) is 9.97 Å². The first kappa shape index (κ1) is 34.9. The van der Waals surface area contributed by atoms with Gasteiger partial charge in [-0.05, 0) is 47.3 Å². The minimum absolute atomic E-state index is 0. The van der Waals surface area contributed by atoms with E-state index in [0.717, 1.165) is 50.9 Å². The van der Waals surface area contributed by atoms with E-state index in [1.807, 2.05) is 43.6 Å². The fraction of sp³-hybridized carbons (Fsp3) is 0.227. The largest absolute Gasteiger partial charge is 0.500 e. The van der Waals surface area contributed by atoms with Gasteiger partial charge in [0.1, 0.15) is 5.58 Å². The predicted octanol–water partition coefficient (Wildman–Crippen LogP) is 11.5. The Labute approximate surface area is 298 Å². The number of aryl methyl sites for hydroxylation is 2. The molecule has 0 unspecified atom stereocenters. The van der Waals surface area contributed by atoms with Gasteiger partial charge in [-0.1, -0.05) is 125 Å². The molecule has 4 aromatic carbocycles. The Morgan fingerprint density at radius 2 is 1.44 bits per heavy atom. The van der Waals surface area contributed by atoms with Gasteiger partial charge in [-0.3, -0.25) is 0 Å². The van der Waals surface area contributed by atoms with E-state index in [1.165, 1.54) is 27.8 Å². The van der Waals surface area contributed by atoms with Crippen LogP contribution in [0.3, 0.4) is 0 Å². The van der Waals surface area contributed by atoms with Crippen molar-refractivity contribution in [1.82, 2.24) is 9.97 Å². The maximum Gasteiger partial charge on any atom is 0.125 e. The van der Waals surface area contributed by atoms with Crippen LogP contribution < -0.4 is 0 Å². The molecule has 0 spiro atoms. The van der Waals surface area contributed by atoms with Gasteiger partial charge in [-0.2, -0.15) is 0 Å². The molecule has 0 amide bonds. The molecule has 0 atom stereocenters. The first-order chi connectivity index (χ1) is 22.5. The van der Waals surface area contributed by atoms with Crippen molar-refractivity contribution in [3.05, 3.63) is 155 Å². The fourth-order valence-corrected chi connectivity index (χ4v) is 6.08. The molecular formula is C44H42IrN2O-2. The van der Waals surface area contributed by atoms with Gasteiger partial charge in [-0.15, -0.1) is 53.6 Å². The molecule has 3 heterocycles. The maximum atomic E-state index is 6.65. The molecule has 0 saturated carbocycles. The summed E-state index contributed by atoms with van der Waals surface area (Å²) in [6.45, 7) is 15.4. The monoisotopic (exact) mass is 807 g/mol. The minimum atomic E-state index is -0.191. The van der Waals surface area contributed by atoms with Gasteiger partial charge in [0.15, 0.2) is 0 Å². The third kappa shape index (κ3) is 7.67. The molecule has 7 rings (SSSR count). The van der Waals surface area contributed by atoms with Crippen molar-refractivity contribution in [2.24, 2.45) is 5.41 Å². The second-order valence-corrected chi connectivity index (χ2v) is 14.2. The Hall–Kier alpha value is -4.37. The molecule has 0 N–H and O–H groups in total.